The predicted molar refractivity (Wildman–Crippen MR) is 68.7 cm³/mol. The SMILES string of the molecule is COCCC(C)N(C)C1CCCCC1Br. The van der Waals surface area contributed by atoms with Gasteiger partial charge in [-0.2, -0.15) is 0 Å². The van der Waals surface area contributed by atoms with Crippen molar-refractivity contribution in [1.29, 1.82) is 0 Å². The summed E-state index contributed by atoms with van der Waals surface area (Å²) in [7, 11) is 4.03. The monoisotopic (exact) mass is 277 g/mol. The molecule has 0 radical (unpaired) electrons. The highest BCUT2D eigenvalue weighted by Gasteiger charge is 2.28. The van der Waals surface area contributed by atoms with Crippen molar-refractivity contribution >= 4 is 15.9 Å². The zero-order valence-corrected chi connectivity index (χ0v) is 11.8. The topological polar surface area (TPSA) is 12.5 Å². The number of rotatable bonds is 5. The third-order valence-electron chi connectivity index (χ3n) is 3.61. The van der Waals surface area contributed by atoms with Crippen LogP contribution in [0.2, 0.25) is 0 Å². The van der Waals surface area contributed by atoms with E-state index in [4.69, 9.17) is 4.74 Å². The highest BCUT2D eigenvalue weighted by molar-refractivity contribution is 9.09. The predicted octanol–water partition coefficient (Wildman–Crippen LogP) is 3.05. The number of nitrogens with zero attached hydrogens (tertiary/aromatic N) is 1. The lowest BCUT2D eigenvalue weighted by molar-refractivity contribution is 0.113. The minimum atomic E-state index is 0.619. The number of ether oxygens (including phenoxy) is 1. The molecular weight excluding hydrogens is 254 g/mol. The molecule has 3 heteroatoms. The van der Waals surface area contributed by atoms with E-state index in [0.29, 0.717) is 16.9 Å². The van der Waals surface area contributed by atoms with Crippen LogP contribution < -0.4 is 0 Å². The summed E-state index contributed by atoms with van der Waals surface area (Å²) < 4.78 is 5.14. The van der Waals surface area contributed by atoms with Gasteiger partial charge in [0.25, 0.3) is 0 Å². The van der Waals surface area contributed by atoms with Crippen LogP contribution in [0.5, 0.6) is 0 Å². The fourth-order valence-electron chi connectivity index (χ4n) is 2.34. The molecule has 1 rings (SSSR count). The second-order valence-electron chi connectivity index (χ2n) is 4.66. The molecule has 3 unspecified atom stereocenters. The molecule has 90 valence electrons. The largest absolute Gasteiger partial charge is 0.385 e. The smallest absolute Gasteiger partial charge is 0.0477 e. The van der Waals surface area contributed by atoms with Crippen molar-refractivity contribution in [2.24, 2.45) is 0 Å². The fraction of sp³-hybridized carbons (Fsp3) is 1.00. The van der Waals surface area contributed by atoms with Crippen molar-refractivity contribution in [1.82, 2.24) is 4.90 Å². The summed E-state index contributed by atoms with van der Waals surface area (Å²) in [4.78, 5) is 3.21. The van der Waals surface area contributed by atoms with Crippen LogP contribution in [0.1, 0.15) is 39.0 Å². The molecule has 15 heavy (non-hydrogen) atoms. The second kappa shape index (κ2) is 6.87. The molecular formula is C12H24BrNO. The molecule has 2 nitrogen and oxygen atoms in total. The summed E-state index contributed by atoms with van der Waals surface area (Å²) in [5.74, 6) is 0. The second-order valence-corrected chi connectivity index (χ2v) is 5.84. The van der Waals surface area contributed by atoms with E-state index < -0.39 is 0 Å². The maximum Gasteiger partial charge on any atom is 0.0477 e. The first-order valence-electron chi connectivity index (χ1n) is 6.01. The van der Waals surface area contributed by atoms with Crippen LogP contribution in [0.4, 0.5) is 0 Å². The molecule has 1 fully saturated rings. The Labute approximate surface area is 102 Å². The highest BCUT2D eigenvalue weighted by Crippen LogP contribution is 2.29. The van der Waals surface area contributed by atoms with Crippen LogP contribution in [-0.2, 0) is 4.74 Å². The van der Waals surface area contributed by atoms with Crippen LogP contribution in [-0.4, -0.2) is 42.6 Å². The molecule has 0 amide bonds. The van der Waals surface area contributed by atoms with Gasteiger partial charge in [0.2, 0.25) is 0 Å². The molecule has 1 saturated carbocycles. The Morgan fingerprint density at radius 1 is 1.40 bits per heavy atom. The van der Waals surface area contributed by atoms with E-state index in [-0.39, 0.29) is 0 Å². The first-order chi connectivity index (χ1) is 7.16. The maximum atomic E-state index is 5.14. The zero-order chi connectivity index (χ0) is 11.3. The van der Waals surface area contributed by atoms with Crippen LogP contribution in [0.15, 0.2) is 0 Å². The molecule has 0 N–H and O–H groups in total. The van der Waals surface area contributed by atoms with Gasteiger partial charge in [0, 0.05) is 30.6 Å². The molecule has 0 spiro atoms. The van der Waals surface area contributed by atoms with Crippen molar-refractivity contribution in [3.63, 3.8) is 0 Å². The summed E-state index contributed by atoms with van der Waals surface area (Å²) in [6.45, 7) is 3.17. The summed E-state index contributed by atoms with van der Waals surface area (Å²) in [6.07, 6.45) is 6.56. The third-order valence-corrected chi connectivity index (χ3v) is 4.67. The van der Waals surface area contributed by atoms with Gasteiger partial charge < -0.3 is 4.74 Å². The molecule has 0 aromatic carbocycles. The molecule has 1 aliphatic rings. The number of methoxy groups -OCH3 is 1. The van der Waals surface area contributed by atoms with Gasteiger partial charge in [0.05, 0.1) is 0 Å². The van der Waals surface area contributed by atoms with Crippen LogP contribution in [0.25, 0.3) is 0 Å². The summed E-state index contributed by atoms with van der Waals surface area (Å²) >= 11 is 3.82. The molecule has 0 saturated heterocycles. The molecule has 0 aromatic rings. The Morgan fingerprint density at radius 3 is 2.67 bits per heavy atom. The Balaban J connectivity index is 2.39. The summed E-state index contributed by atoms with van der Waals surface area (Å²) in [6, 6.07) is 1.33. The average Bonchev–Trinajstić information content (AvgIpc) is 2.25. The van der Waals surface area contributed by atoms with E-state index in [9.17, 15) is 0 Å². The quantitative estimate of drug-likeness (QED) is 0.717. The number of halogens is 1. The molecule has 0 bridgehead atoms. The van der Waals surface area contributed by atoms with Gasteiger partial charge in [-0.3, -0.25) is 4.90 Å². The van der Waals surface area contributed by atoms with Gasteiger partial charge in [-0.1, -0.05) is 28.8 Å². The van der Waals surface area contributed by atoms with Gasteiger partial charge in [0.15, 0.2) is 0 Å². The Bertz CT molecular complexity index is 177. The van der Waals surface area contributed by atoms with Crippen LogP contribution in [0, 0.1) is 0 Å². The van der Waals surface area contributed by atoms with Crippen molar-refractivity contribution in [3.8, 4) is 0 Å². The van der Waals surface area contributed by atoms with Crippen molar-refractivity contribution in [2.75, 3.05) is 20.8 Å². The number of hydrogen-bond acceptors (Lipinski definition) is 2. The Kier molecular flexibility index (Phi) is 6.17. The average molecular weight is 278 g/mol. The van der Waals surface area contributed by atoms with Gasteiger partial charge >= 0.3 is 0 Å². The summed E-state index contributed by atoms with van der Waals surface area (Å²) in [5, 5.41) is 0. The normalized spacial score (nSPS) is 29.4. The molecule has 1 aliphatic carbocycles. The van der Waals surface area contributed by atoms with E-state index in [2.05, 4.69) is 34.8 Å². The summed E-state index contributed by atoms with van der Waals surface area (Å²) in [5.41, 5.74) is 0. The lowest BCUT2D eigenvalue weighted by atomic mass is 9.93. The van der Waals surface area contributed by atoms with Gasteiger partial charge in [-0.25, -0.2) is 0 Å². The minimum absolute atomic E-state index is 0.619. The standard InChI is InChI=1S/C12H24BrNO/c1-10(8-9-15-3)14(2)12-7-5-4-6-11(12)13/h10-12H,4-9H2,1-3H3. The van der Waals surface area contributed by atoms with E-state index in [1.807, 2.05) is 0 Å². The van der Waals surface area contributed by atoms with Crippen LogP contribution in [0.3, 0.4) is 0 Å². The van der Waals surface area contributed by atoms with Gasteiger partial charge in [0.1, 0.15) is 0 Å². The maximum absolute atomic E-state index is 5.14. The number of hydrogen-bond donors (Lipinski definition) is 0. The first-order valence-corrected chi connectivity index (χ1v) is 6.93. The molecule has 3 atom stereocenters. The molecule has 0 aromatic heterocycles. The van der Waals surface area contributed by atoms with E-state index in [1.54, 1.807) is 7.11 Å². The molecule has 0 heterocycles. The van der Waals surface area contributed by atoms with E-state index in [0.717, 1.165) is 13.0 Å². The lowest BCUT2D eigenvalue weighted by Gasteiger charge is -2.38. The van der Waals surface area contributed by atoms with Crippen LogP contribution >= 0.6 is 15.9 Å². The Morgan fingerprint density at radius 2 is 2.07 bits per heavy atom. The first kappa shape index (κ1) is 13.5. The lowest BCUT2D eigenvalue weighted by Crippen LogP contribution is -2.45. The van der Waals surface area contributed by atoms with E-state index in [1.165, 1.54) is 25.7 Å². The van der Waals surface area contributed by atoms with E-state index >= 15 is 0 Å². The van der Waals surface area contributed by atoms with Crippen molar-refractivity contribution in [3.05, 3.63) is 0 Å². The minimum Gasteiger partial charge on any atom is -0.385 e. The van der Waals surface area contributed by atoms with Gasteiger partial charge in [-0.15, -0.1) is 0 Å². The van der Waals surface area contributed by atoms with Gasteiger partial charge in [-0.05, 0) is 33.2 Å². The fourth-order valence-corrected chi connectivity index (χ4v) is 3.30. The zero-order valence-electron chi connectivity index (χ0n) is 10.2. The highest BCUT2D eigenvalue weighted by atomic mass is 79.9. The molecule has 0 aliphatic heterocycles. The van der Waals surface area contributed by atoms with Crippen molar-refractivity contribution < 1.29 is 4.74 Å². The third kappa shape index (κ3) is 4.04. The van der Waals surface area contributed by atoms with Crippen molar-refractivity contribution in [2.45, 2.75) is 55.9 Å². The number of alkyl halides is 1. The Hall–Kier alpha value is 0.400.